The molecule has 2 fully saturated rings. The summed E-state index contributed by atoms with van der Waals surface area (Å²) in [6.45, 7) is 0.885. The Bertz CT molecular complexity index is 174. The van der Waals surface area contributed by atoms with E-state index in [1.165, 1.54) is 25.7 Å². The molecule has 3 nitrogen and oxygen atoms in total. The molecule has 1 heterocycles. The zero-order valence-electron chi connectivity index (χ0n) is 7.01. The van der Waals surface area contributed by atoms with Crippen LogP contribution in [0, 0.1) is 5.92 Å². The molecule has 0 radical (unpaired) electrons. The summed E-state index contributed by atoms with van der Waals surface area (Å²) in [6.07, 6.45) is 5.07. The number of carbonyl (C=O) groups excluding carboxylic acids is 1. The quantitative estimate of drug-likeness (QED) is 0.594. The fourth-order valence-electron chi connectivity index (χ4n) is 2.09. The third-order valence-electron chi connectivity index (χ3n) is 2.75. The van der Waals surface area contributed by atoms with Crippen LogP contribution >= 0.6 is 12.4 Å². The predicted molar refractivity (Wildman–Crippen MR) is 49.5 cm³/mol. The summed E-state index contributed by atoms with van der Waals surface area (Å²) in [6, 6.07) is 0.491. The molecule has 0 aromatic rings. The Labute approximate surface area is 78.7 Å². The van der Waals surface area contributed by atoms with Crippen molar-refractivity contribution in [2.24, 2.45) is 5.92 Å². The maximum Gasteiger partial charge on any atom is 0.315 e. The van der Waals surface area contributed by atoms with Crippen LogP contribution in [0.25, 0.3) is 0 Å². The zero-order chi connectivity index (χ0) is 7.68. The van der Waals surface area contributed by atoms with Crippen molar-refractivity contribution >= 4 is 18.4 Å². The van der Waals surface area contributed by atoms with E-state index in [-0.39, 0.29) is 18.4 Å². The lowest BCUT2D eigenvalue weighted by molar-refractivity contribution is 0.193. The summed E-state index contributed by atoms with van der Waals surface area (Å²) in [7, 11) is 0. The van der Waals surface area contributed by atoms with Crippen LogP contribution in [0.2, 0.25) is 0 Å². The van der Waals surface area contributed by atoms with Crippen molar-refractivity contribution in [2.75, 3.05) is 6.54 Å². The molecule has 2 unspecified atom stereocenters. The van der Waals surface area contributed by atoms with E-state index in [2.05, 4.69) is 10.6 Å². The molecule has 2 aliphatic rings. The zero-order valence-corrected chi connectivity index (χ0v) is 7.82. The van der Waals surface area contributed by atoms with Crippen LogP contribution in [0.15, 0.2) is 0 Å². The van der Waals surface area contributed by atoms with Gasteiger partial charge in [0.05, 0.1) is 0 Å². The van der Waals surface area contributed by atoms with Crippen molar-refractivity contribution in [3.05, 3.63) is 0 Å². The van der Waals surface area contributed by atoms with E-state index in [9.17, 15) is 4.79 Å². The van der Waals surface area contributed by atoms with Gasteiger partial charge in [0.1, 0.15) is 0 Å². The number of hydrogen-bond donors (Lipinski definition) is 2. The normalized spacial score (nSPS) is 33.8. The van der Waals surface area contributed by atoms with Gasteiger partial charge < -0.3 is 10.6 Å². The lowest BCUT2D eigenvalue weighted by Gasteiger charge is -2.36. The summed E-state index contributed by atoms with van der Waals surface area (Å²) in [5.74, 6) is 0.696. The molecule has 0 aromatic carbocycles. The van der Waals surface area contributed by atoms with E-state index in [1.807, 2.05) is 0 Å². The van der Waals surface area contributed by atoms with Crippen LogP contribution in [-0.4, -0.2) is 18.6 Å². The van der Waals surface area contributed by atoms with E-state index >= 15 is 0 Å². The Morgan fingerprint density at radius 3 is 2.83 bits per heavy atom. The molecule has 4 heteroatoms. The van der Waals surface area contributed by atoms with Crippen molar-refractivity contribution in [3.8, 4) is 0 Å². The summed E-state index contributed by atoms with van der Waals surface area (Å²) in [5.41, 5.74) is 0. The van der Waals surface area contributed by atoms with Crippen molar-refractivity contribution in [1.29, 1.82) is 0 Å². The molecular formula is C8H15ClN2O. The monoisotopic (exact) mass is 190 g/mol. The van der Waals surface area contributed by atoms with Gasteiger partial charge >= 0.3 is 6.03 Å². The SMILES string of the molecule is Cl.O=C1NCC2CCCCC2N1. The third-order valence-corrected chi connectivity index (χ3v) is 2.75. The van der Waals surface area contributed by atoms with Gasteiger partial charge in [-0.2, -0.15) is 0 Å². The van der Waals surface area contributed by atoms with E-state index in [4.69, 9.17) is 0 Å². The molecule has 1 aliphatic heterocycles. The molecule has 12 heavy (non-hydrogen) atoms. The standard InChI is InChI=1S/C8H14N2O.ClH/c11-8-9-5-6-3-1-2-4-7(6)10-8;/h6-7H,1-5H2,(H2,9,10,11);1H. The Morgan fingerprint density at radius 2 is 2.00 bits per heavy atom. The first-order valence-corrected chi connectivity index (χ1v) is 4.40. The summed E-state index contributed by atoms with van der Waals surface area (Å²) in [5, 5.41) is 5.80. The Hall–Kier alpha value is -0.440. The van der Waals surface area contributed by atoms with Gasteiger partial charge in [0.25, 0.3) is 0 Å². The number of amides is 2. The van der Waals surface area contributed by atoms with Gasteiger partial charge in [-0.1, -0.05) is 12.8 Å². The van der Waals surface area contributed by atoms with Crippen LogP contribution in [0.5, 0.6) is 0 Å². The Balaban J connectivity index is 0.000000720. The van der Waals surface area contributed by atoms with Gasteiger partial charge in [0, 0.05) is 12.6 Å². The van der Waals surface area contributed by atoms with Crippen LogP contribution in [0.3, 0.4) is 0 Å². The van der Waals surface area contributed by atoms with Crippen molar-refractivity contribution in [1.82, 2.24) is 10.6 Å². The smallest absolute Gasteiger partial charge is 0.315 e. The highest BCUT2D eigenvalue weighted by Gasteiger charge is 2.29. The average molecular weight is 191 g/mol. The summed E-state index contributed by atoms with van der Waals surface area (Å²) in [4.78, 5) is 10.9. The maximum atomic E-state index is 10.9. The minimum absolute atomic E-state index is 0. The van der Waals surface area contributed by atoms with Crippen molar-refractivity contribution in [2.45, 2.75) is 31.7 Å². The number of carbonyl (C=O) groups is 1. The summed E-state index contributed by atoms with van der Waals surface area (Å²) >= 11 is 0. The second-order valence-electron chi connectivity index (χ2n) is 3.51. The number of fused-ring (bicyclic) bond motifs is 1. The highest BCUT2D eigenvalue weighted by Crippen LogP contribution is 2.25. The van der Waals surface area contributed by atoms with Gasteiger partial charge in [-0.15, -0.1) is 12.4 Å². The fourth-order valence-corrected chi connectivity index (χ4v) is 2.09. The molecule has 2 N–H and O–H groups in total. The minimum atomic E-state index is 0. The van der Waals surface area contributed by atoms with Crippen molar-refractivity contribution < 1.29 is 4.79 Å². The topological polar surface area (TPSA) is 41.1 Å². The second kappa shape index (κ2) is 3.99. The minimum Gasteiger partial charge on any atom is -0.338 e. The lowest BCUT2D eigenvalue weighted by atomic mass is 9.83. The number of halogens is 1. The van der Waals surface area contributed by atoms with E-state index in [0.717, 1.165) is 6.54 Å². The first-order valence-electron chi connectivity index (χ1n) is 4.40. The summed E-state index contributed by atoms with van der Waals surface area (Å²) < 4.78 is 0. The number of hydrogen-bond acceptors (Lipinski definition) is 1. The number of rotatable bonds is 0. The van der Waals surface area contributed by atoms with Crippen LogP contribution < -0.4 is 10.6 Å². The maximum absolute atomic E-state index is 10.9. The number of urea groups is 1. The molecule has 0 bridgehead atoms. The molecule has 2 atom stereocenters. The fraction of sp³-hybridized carbons (Fsp3) is 0.875. The van der Waals surface area contributed by atoms with Gasteiger partial charge in [0.2, 0.25) is 0 Å². The highest BCUT2D eigenvalue weighted by atomic mass is 35.5. The molecule has 1 aliphatic carbocycles. The van der Waals surface area contributed by atoms with Gasteiger partial charge in [-0.05, 0) is 18.8 Å². The molecule has 0 spiro atoms. The number of nitrogens with one attached hydrogen (secondary N) is 2. The van der Waals surface area contributed by atoms with E-state index < -0.39 is 0 Å². The predicted octanol–water partition coefficient (Wildman–Crippen LogP) is 1.28. The van der Waals surface area contributed by atoms with Crippen LogP contribution in [-0.2, 0) is 0 Å². The molecule has 70 valence electrons. The molecular weight excluding hydrogens is 176 g/mol. The van der Waals surface area contributed by atoms with Crippen LogP contribution in [0.4, 0.5) is 4.79 Å². The first-order chi connectivity index (χ1) is 5.36. The van der Waals surface area contributed by atoms with Crippen molar-refractivity contribution in [3.63, 3.8) is 0 Å². The largest absolute Gasteiger partial charge is 0.338 e. The van der Waals surface area contributed by atoms with Gasteiger partial charge in [-0.3, -0.25) is 0 Å². The first kappa shape index (κ1) is 9.65. The molecule has 1 saturated heterocycles. The molecule has 2 amide bonds. The Kier molecular flexibility index (Phi) is 3.20. The van der Waals surface area contributed by atoms with Gasteiger partial charge in [0.15, 0.2) is 0 Å². The van der Waals surface area contributed by atoms with Crippen LogP contribution in [0.1, 0.15) is 25.7 Å². The van der Waals surface area contributed by atoms with E-state index in [0.29, 0.717) is 12.0 Å². The Morgan fingerprint density at radius 1 is 1.25 bits per heavy atom. The third kappa shape index (κ3) is 1.83. The lowest BCUT2D eigenvalue weighted by Crippen LogP contribution is -2.55. The molecule has 0 aromatic heterocycles. The van der Waals surface area contributed by atoms with Gasteiger partial charge in [-0.25, -0.2) is 4.79 Å². The molecule has 1 saturated carbocycles. The van der Waals surface area contributed by atoms with E-state index in [1.54, 1.807) is 0 Å². The highest BCUT2D eigenvalue weighted by molar-refractivity contribution is 5.85. The second-order valence-corrected chi connectivity index (χ2v) is 3.51. The average Bonchev–Trinajstić information content (AvgIpc) is 2.04. The molecule has 2 rings (SSSR count).